The minimum Gasteiger partial charge on any atom is -0.452 e. The zero-order chi connectivity index (χ0) is 23.8. The number of para-hydroxylation sites is 1. The molecule has 7 nitrogen and oxygen atoms in total. The van der Waals surface area contributed by atoms with E-state index in [4.69, 9.17) is 4.74 Å². The number of carbonyl (C=O) groups is 2. The molecule has 3 rings (SSSR count). The Balaban J connectivity index is 1.61. The van der Waals surface area contributed by atoms with Crippen molar-refractivity contribution in [3.8, 4) is 0 Å². The van der Waals surface area contributed by atoms with E-state index < -0.39 is 28.5 Å². The van der Waals surface area contributed by atoms with Crippen LogP contribution in [0.3, 0.4) is 0 Å². The van der Waals surface area contributed by atoms with E-state index in [9.17, 15) is 18.0 Å². The van der Waals surface area contributed by atoms with Crippen molar-refractivity contribution in [2.75, 3.05) is 17.5 Å². The Hall–Kier alpha value is -3.65. The minimum atomic E-state index is -3.80. The fourth-order valence-electron chi connectivity index (χ4n) is 3.30. The maximum atomic E-state index is 13.0. The molecule has 172 valence electrons. The number of sulfonamides is 1. The van der Waals surface area contributed by atoms with Crippen LogP contribution in [-0.4, -0.2) is 33.4 Å². The van der Waals surface area contributed by atoms with Gasteiger partial charge in [0, 0.05) is 6.54 Å². The predicted molar refractivity (Wildman–Crippen MR) is 126 cm³/mol. The standard InChI is InChI=1S/C25H26N2O5S/c1-3-27(22-12-8-5-9-13-22)33(30,31)23-16-14-21(15-17-23)25(29)32-18-24(28)26-19(2)20-10-6-4-7-11-20/h4-17,19H,3,18H2,1-2H3,(H,26,28). The highest BCUT2D eigenvalue weighted by Gasteiger charge is 2.24. The van der Waals surface area contributed by atoms with E-state index in [-0.39, 0.29) is 23.0 Å². The molecule has 0 bridgehead atoms. The molecule has 1 unspecified atom stereocenters. The van der Waals surface area contributed by atoms with Crippen LogP contribution in [0.5, 0.6) is 0 Å². The Bertz CT molecular complexity index is 1180. The topological polar surface area (TPSA) is 92.8 Å². The third-order valence-electron chi connectivity index (χ3n) is 5.02. The zero-order valence-electron chi connectivity index (χ0n) is 18.5. The number of benzene rings is 3. The Kier molecular flexibility index (Phi) is 7.84. The monoisotopic (exact) mass is 466 g/mol. The average molecular weight is 467 g/mol. The van der Waals surface area contributed by atoms with Crippen molar-refractivity contribution in [2.45, 2.75) is 24.8 Å². The lowest BCUT2D eigenvalue weighted by molar-refractivity contribution is -0.124. The summed E-state index contributed by atoms with van der Waals surface area (Å²) in [5.74, 6) is -1.14. The van der Waals surface area contributed by atoms with Crippen molar-refractivity contribution >= 4 is 27.6 Å². The smallest absolute Gasteiger partial charge is 0.338 e. The van der Waals surface area contributed by atoms with Crippen molar-refractivity contribution in [1.82, 2.24) is 5.32 Å². The van der Waals surface area contributed by atoms with Crippen LogP contribution in [-0.2, 0) is 19.6 Å². The fraction of sp³-hybridized carbons (Fsp3) is 0.200. The van der Waals surface area contributed by atoms with Gasteiger partial charge in [0.25, 0.3) is 15.9 Å². The summed E-state index contributed by atoms with van der Waals surface area (Å²) < 4.78 is 32.4. The Morgan fingerprint density at radius 2 is 1.48 bits per heavy atom. The van der Waals surface area contributed by atoms with Gasteiger partial charge in [0.1, 0.15) is 0 Å². The van der Waals surface area contributed by atoms with Crippen LogP contribution in [0.15, 0.2) is 89.8 Å². The molecule has 1 atom stereocenters. The minimum absolute atomic E-state index is 0.0548. The van der Waals surface area contributed by atoms with E-state index in [1.807, 2.05) is 43.3 Å². The first-order chi connectivity index (χ1) is 15.8. The van der Waals surface area contributed by atoms with E-state index in [1.165, 1.54) is 28.6 Å². The second-order valence-electron chi connectivity index (χ2n) is 7.31. The van der Waals surface area contributed by atoms with E-state index >= 15 is 0 Å². The molecular formula is C25H26N2O5S. The summed E-state index contributed by atoms with van der Waals surface area (Å²) in [5, 5.41) is 2.77. The predicted octanol–water partition coefficient (Wildman–Crippen LogP) is 3.94. The van der Waals surface area contributed by atoms with E-state index in [1.54, 1.807) is 31.2 Å². The van der Waals surface area contributed by atoms with Gasteiger partial charge in [-0.3, -0.25) is 9.10 Å². The highest BCUT2D eigenvalue weighted by Crippen LogP contribution is 2.23. The van der Waals surface area contributed by atoms with Gasteiger partial charge in [0.2, 0.25) is 0 Å². The fourth-order valence-corrected chi connectivity index (χ4v) is 4.77. The number of nitrogens with one attached hydrogen (secondary N) is 1. The van der Waals surface area contributed by atoms with Crippen LogP contribution in [0, 0.1) is 0 Å². The summed E-state index contributed by atoms with van der Waals surface area (Å²) in [5.41, 5.74) is 1.64. The first-order valence-corrected chi connectivity index (χ1v) is 12.0. The van der Waals surface area contributed by atoms with Gasteiger partial charge in [-0.05, 0) is 55.8 Å². The molecule has 0 aliphatic heterocycles. The van der Waals surface area contributed by atoms with Crippen LogP contribution in [0.2, 0.25) is 0 Å². The first-order valence-electron chi connectivity index (χ1n) is 10.5. The molecule has 33 heavy (non-hydrogen) atoms. The van der Waals surface area contributed by atoms with Crippen LogP contribution in [0.4, 0.5) is 5.69 Å². The molecule has 0 heterocycles. The molecule has 0 aliphatic carbocycles. The van der Waals surface area contributed by atoms with Crippen LogP contribution < -0.4 is 9.62 Å². The molecule has 3 aromatic carbocycles. The molecule has 0 saturated heterocycles. The van der Waals surface area contributed by atoms with E-state index in [0.29, 0.717) is 5.69 Å². The normalized spacial score (nSPS) is 11.9. The summed E-state index contributed by atoms with van der Waals surface area (Å²) in [6.07, 6.45) is 0. The third kappa shape index (κ3) is 5.98. The summed E-state index contributed by atoms with van der Waals surface area (Å²) in [6.45, 7) is 3.41. The molecule has 0 fully saturated rings. The lowest BCUT2D eigenvalue weighted by Gasteiger charge is -2.22. The molecule has 0 aliphatic rings. The molecule has 1 amide bonds. The number of carbonyl (C=O) groups excluding carboxylic acids is 2. The van der Waals surface area contributed by atoms with Gasteiger partial charge < -0.3 is 10.1 Å². The maximum Gasteiger partial charge on any atom is 0.338 e. The Morgan fingerprint density at radius 3 is 2.06 bits per heavy atom. The van der Waals surface area contributed by atoms with Crippen molar-refractivity contribution in [3.63, 3.8) is 0 Å². The number of ether oxygens (including phenoxy) is 1. The molecular weight excluding hydrogens is 440 g/mol. The molecule has 1 N–H and O–H groups in total. The van der Waals surface area contributed by atoms with Crippen LogP contribution in [0.25, 0.3) is 0 Å². The average Bonchev–Trinajstić information content (AvgIpc) is 2.84. The number of esters is 1. The Labute approximate surface area is 194 Å². The highest BCUT2D eigenvalue weighted by molar-refractivity contribution is 7.92. The Morgan fingerprint density at radius 1 is 0.909 bits per heavy atom. The summed E-state index contributed by atoms with van der Waals surface area (Å²) in [4.78, 5) is 24.5. The second kappa shape index (κ2) is 10.8. The van der Waals surface area contributed by atoms with Crippen molar-refractivity contribution in [3.05, 3.63) is 96.1 Å². The van der Waals surface area contributed by atoms with Crippen molar-refractivity contribution in [2.24, 2.45) is 0 Å². The highest BCUT2D eigenvalue weighted by atomic mass is 32.2. The number of hydrogen-bond donors (Lipinski definition) is 1. The molecule has 0 saturated carbocycles. The quantitative estimate of drug-likeness (QED) is 0.482. The lowest BCUT2D eigenvalue weighted by Crippen LogP contribution is -2.31. The second-order valence-corrected chi connectivity index (χ2v) is 9.17. The number of amides is 1. The SMILES string of the molecule is CCN(c1ccccc1)S(=O)(=O)c1ccc(C(=O)OCC(=O)NC(C)c2ccccc2)cc1. The van der Waals surface area contributed by atoms with Gasteiger partial charge in [-0.15, -0.1) is 0 Å². The molecule has 0 radical (unpaired) electrons. The van der Waals surface area contributed by atoms with Gasteiger partial charge in [0.15, 0.2) is 6.61 Å². The number of anilines is 1. The van der Waals surface area contributed by atoms with E-state index in [0.717, 1.165) is 5.56 Å². The maximum absolute atomic E-state index is 13.0. The molecule has 8 heteroatoms. The van der Waals surface area contributed by atoms with Gasteiger partial charge in [-0.2, -0.15) is 0 Å². The first kappa shape index (κ1) is 24.0. The zero-order valence-corrected chi connectivity index (χ0v) is 19.3. The molecule has 0 aromatic heterocycles. The summed E-state index contributed by atoms with van der Waals surface area (Å²) in [6, 6.07) is 23.4. The van der Waals surface area contributed by atoms with Crippen molar-refractivity contribution in [1.29, 1.82) is 0 Å². The largest absolute Gasteiger partial charge is 0.452 e. The van der Waals surface area contributed by atoms with Gasteiger partial charge in [-0.25, -0.2) is 13.2 Å². The number of hydrogen-bond acceptors (Lipinski definition) is 5. The van der Waals surface area contributed by atoms with Gasteiger partial charge in [0.05, 0.1) is 22.2 Å². The summed E-state index contributed by atoms with van der Waals surface area (Å²) >= 11 is 0. The number of nitrogens with zero attached hydrogens (tertiary/aromatic N) is 1. The van der Waals surface area contributed by atoms with Gasteiger partial charge in [-0.1, -0.05) is 48.5 Å². The van der Waals surface area contributed by atoms with Crippen LogP contribution >= 0.6 is 0 Å². The van der Waals surface area contributed by atoms with Crippen molar-refractivity contribution < 1.29 is 22.7 Å². The van der Waals surface area contributed by atoms with E-state index in [2.05, 4.69) is 5.32 Å². The summed E-state index contributed by atoms with van der Waals surface area (Å²) in [7, 11) is -3.80. The lowest BCUT2D eigenvalue weighted by atomic mass is 10.1. The number of rotatable bonds is 9. The van der Waals surface area contributed by atoms with Crippen LogP contribution in [0.1, 0.15) is 35.8 Å². The molecule has 3 aromatic rings. The molecule has 0 spiro atoms. The van der Waals surface area contributed by atoms with Gasteiger partial charge >= 0.3 is 5.97 Å². The third-order valence-corrected chi connectivity index (χ3v) is 6.94.